The van der Waals surface area contributed by atoms with Crippen molar-refractivity contribution in [3.05, 3.63) is 67.0 Å². The number of furan rings is 1. The summed E-state index contributed by atoms with van der Waals surface area (Å²) < 4.78 is 11.8. The van der Waals surface area contributed by atoms with Gasteiger partial charge < -0.3 is 14.1 Å². The van der Waals surface area contributed by atoms with Gasteiger partial charge in [-0.3, -0.25) is 0 Å². The molecular weight excluding hydrogens is 338 g/mol. The standard InChI is InChI=1S/C22H19N3O2/c1-3-7-16(8-4-1)18-19-21(25-11-13-26-14-12-25)23-15-24-22(19)27-20(18)17-9-5-2-6-10-17/h1-10,15H,11-14H2. The largest absolute Gasteiger partial charge is 0.437 e. The molecule has 3 heterocycles. The van der Waals surface area contributed by atoms with Crippen LogP contribution in [0.5, 0.6) is 0 Å². The van der Waals surface area contributed by atoms with Crippen LogP contribution >= 0.6 is 0 Å². The van der Waals surface area contributed by atoms with Crippen molar-refractivity contribution in [1.29, 1.82) is 0 Å². The average molecular weight is 357 g/mol. The smallest absolute Gasteiger partial charge is 0.232 e. The van der Waals surface area contributed by atoms with E-state index in [-0.39, 0.29) is 0 Å². The van der Waals surface area contributed by atoms with E-state index in [9.17, 15) is 0 Å². The van der Waals surface area contributed by atoms with Gasteiger partial charge in [0, 0.05) is 24.2 Å². The Kier molecular flexibility index (Phi) is 4.07. The highest BCUT2D eigenvalue weighted by molar-refractivity contribution is 6.06. The molecule has 0 atom stereocenters. The number of anilines is 1. The van der Waals surface area contributed by atoms with Crippen LogP contribution in [-0.4, -0.2) is 36.3 Å². The first-order valence-corrected chi connectivity index (χ1v) is 9.13. The fourth-order valence-corrected chi connectivity index (χ4v) is 3.61. The van der Waals surface area contributed by atoms with Gasteiger partial charge in [0.15, 0.2) is 0 Å². The molecule has 1 aliphatic heterocycles. The van der Waals surface area contributed by atoms with Gasteiger partial charge in [-0.2, -0.15) is 0 Å². The maximum absolute atomic E-state index is 6.26. The normalized spacial score (nSPS) is 14.6. The van der Waals surface area contributed by atoms with Crippen molar-refractivity contribution >= 4 is 16.9 Å². The van der Waals surface area contributed by atoms with E-state index in [0.717, 1.165) is 46.7 Å². The highest BCUT2D eigenvalue weighted by Gasteiger charge is 2.25. The molecular formula is C22H19N3O2. The first kappa shape index (κ1) is 16.0. The summed E-state index contributed by atoms with van der Waals surface area (Å²) >= 11 is 0. The molecule has 0 amide bonds. The lowest BCUT2D eigenvalue weighted by Crippen LogP contribution is -2.36. The van der Waals surface area contributed by atoms with E-state index in [1.165, 1.54) is 0 Å². The SMILES string of the molecule is c1ccc(-c2oc3ncnc(N4CCOCC4)c3c2-c2ccccc2)cc1. The quantitative estimate of drug-likeness (QED) is 0.544. The minimum atomic E-state index is 0.615. The van der Waals surface area contributed by atoms with Crippen molar-refractivity contribution in [2.45, 2.75) is 0 Å². The monoisotopic (exact) mass is 357 g/mol. The second-order valence-electron chi connectivity index (χ2n) is 6.52. The summed E-state index contributed by atoms with van der Waals surface area (Å²) in [4.78, 5) is 11.3. The molecule has 0 unspecified atom stereocenters. The lowest BCUT2D eigenvalue weighted by molar-refractivity contribution is 0.122. The van der Waals surface area contributed by atoms with Crippen LogP contribution in [0.25, 0.3) is 33.6 Å². The van der Waals surface area contributed by atoms with Crippen molar-refractivity contribution in [2.24, 2.45) is 0 Å². The Labute approximate surface area is 157 Å². The number of morpholine rings is 1. The van der Waals surface area contributed by atoms with E-state index in [4.69, 9.17) is 9.15 Å². The minimum absolute atomic E-state index is 0.615. The Morgan fingerprint density at radius 2 is 1.44 bits per heavy atom. The summed E-state index contributed by atoms with van der Waals surface area (Å²) in [5, 5.41) is 0.962. The van der Waals surface area contributed by atoms with E-state index in [1.54, 1.807) is 6.33 Å². The van der Waals surface area contributed by atoms with Crippen molar-refractivity contribution in [1.82, 2.24) is 9.97 Å². The summed E-state index contributed by atoms with van der Waals surface area (Å²) in [6.07, 6.45) is 1.58. The third-order valence-corrected chi connectivity index (χ3v) is 4.88. The van der Waals surface area contributed by atoms with Gasteiger partial charge in [0.2, 0.25) is 5.71 Å². The van der Waals surface area contributed by atoms with Crippen LogP contribution in [0.1, 0.15) is 0 Å². The van der Waals surface area contributed by atoms with Crippen LogP contribution in [0.2, 0.25) is 0 Å². The molecule has 0 spiro atoms. The molecule has 2 aromatic carbocycles. The first-order valence-electron chi connectivity index (χ1n) is 9.13. The molecule has 4 aromatic rings. The van der Waals surface area contributed by atoms with E-state index in [2.05, 4.69) is 39.1 Å². The first-order chi connectivity index (χ1) is 13.4. The van der Waals surface area contributed by atoms with E-state index in [0.29, 0.717) is 18.9 Å². The van der Waals surface area contributed by atoms with Crippen LogP contribution in [0, 0.1) is 0 Å². The van der Waals surface area contributed by atoms with Crippen LogP contribution in [0.3, 0.4) is 0 Å². The van der Waals surface area contributed by atoms with Crippen LogP contribution < -0.4 is 4.90 Å². The van der Waals surface area contributed by atoms with Gasteiger partial charge in [-0.25, -0.2) is 9.97 Å². The van der Waals surface area contributed by atoms with Gasteiger partial charge >= 0.3 is 0 Å². The van der Waals surface area contributed by atoms with Crippen LogP contribution in [0.4, 0.5) is 5.82 Å². The van der Waals surface area contributed by atoms with Crippen LogP contribution in [0.15, 0.2) is 71.4 Å². The molecule has 0 N–H and O–H groups in total. The second kappa shape index (κ2) is 6.85. The predicted molar refractivity (Wildman–Crippen MR) is 106 cm³/mol. The van der Waals surface area contributed by atoms with Gasteiger partial charge in [-0.15, -0.1) is 0 Å². The molecule has 5 nitrogen and oxygen atoms in total. The lowest BCUT2D eigenvalue weighted by atomic mass is 9.99. The molecule has 0 aliphatic carbocycles. The molecule has 134 valence electrons. The van der Waals surface area contributed by atoms with E-state index in [1.807, 2.05) is 36.4 Å². The van der Waals surface area contributed by atoms with E-state index >= 15 is 0 Å². The molecule has 0 bridgehead atoms. The van der Waals surface area contributed by atoms with Gasteiger partial charge in [0.1, 0.15) is 17.9 Å². The number of aromatic nitrogens is 2. The minimum Gasteiger partial charge on any atom is -0.437 e. The molecule has 5 rings (SSSR count). The Morgan fingerprint density at radius 3 is 2.15 bits per heavy atom. The third-order valence-electron chi connectivity index (χ3n) is 4.88. The van der Waals surface area contributed by atoms with Gasteiger partial charge in [-0.1, -0.05) is 60.7 Å². The molecule has 1 saturated heterocycles. The number of hydrogen-bond acceptors (Lipinski definition) is 5. The number of rotatable bonds is 3. The average Bonchev–Trinajstić information content (AvgIpc) is 3.15. The Morgan fingerprint density at radius 1 is 0.778 bits per heavy atom. The summed E-state index contributed by atoms with van der Waals surface area (Å²) in [7, 11) is 0. The summed E-state index contributed by atoms with van der Waals surface area (Å²) in [6.45, 7) is 3.03. The Hall–Kier alpha value is -3.18. The third kappa shape index (κ3) is 2.86. The molecule has 1 fully saturated rings. The van der Waals surface area contributed by atoms with Crippen molar-refractivity contribution < 1.29 is 9.15 Å². The highest BCUT2D eigenvalue weighted by atomic mass is 16.5. The fourth-order valence-electron chi connectivity index (χ4n) is 3.61. The van der Waals surface area contributed by atoms with Crippen LogP contribution in [-0.2, 0) is 4.74 Å². The zero-order valence-corrected chi connectivity index (χ0v) is 14.8. The zero-order valence-electron chi connectivity index (χ0n) is 14.8. The lowest BCUT2D eigenvalue weighted by Gasteiger charge is -2.28. The van der Waals surface area contributed by atoms with Crippen molar-refractivity contribution in [3.63, 3.8) is 0 Å². The highest BCUT2D eigenvalue weighted by Crippen LogP contribution is 2.43. The summed E-state index contributed by atoms with van der Waals surface area (Å²) in [6, 6.07) is 20.5. The second-order valence-corrected chi connectivity index (χ2v) is 6.52. The maximum Gasteiger partial charge on any atom is 0.232 e. The molecule has 1 aliphatic rings. The molecule has 0 saturated carbocycles. The number of ether oxygens (including phenoxy) is 1. The number of nitrogens with zero attached hydrogens (tertiary/aromatic N) is 3. The number of benzene rings is 2. The molecule has 2 aromatic heterocycles. The Bertz CT molecular complexity index is 1060. The molecule has 0 radical (unpaired) electrons. The van der Waals surface area contributed by atoms with Gasteiger partial charge in [0.25, 0.3) is 0 Å². The van der Waals surface area contributed by atoms with E-state index < -0.39 is 0 Å². The number of hydrogen-bond donors (Lipinski definition) is 0. The van der Waals surface area contributed by atoms with Gasteiger partial charge in [0.05, 0.1) is 18.6 Å². The zero-order chi connectivity index (χ0) is 18.1. The Balaban J connectivity index is 1.80. The summed E-state index contributed by atoms with van der Waals surface area (Å²) in [5.41, 5.74) is 3.78. The molecule has 27 heavy (non-hydrogen) atoms. The summed E-state index contributed by atoms with van der Waals surface area (Å²) in [5.74, 6) is 1.74. The van der Waals surface area contributed by atoms with Gasteiger partial charge in [-0.05, 0) is 5.56 Å². The topological polar surface area (TPSA) is 51.4 Å². The number of fused-ring (bicyclic) bond motifs is 1. The predicted octanol–water partition coefficient (Wildman–Crippen LogP) is 4.39. The molecule has 5 heteroatoms. The van der Waals surface area contributed by atoms with Crippen molar-refractivity contribution in [2.75, 3.05) is 31.2 Å². The van der Waals surface area contributed by atoms with Crippen molar-refractivity contribution in [3.8, 4) is 22.5 Å². The fraction of sp³-hybridized carbons (Fsp3) is 0.182. The maximum atomic E-state index is 6.26.